The summed E-state index contributed by atoms with van der Waals surface area (Å²) in [6.45, 7) is 15.1. The summed E-state index contributed by atoms with van der Waals surface area (Å²) >= 11 is 0. The summed E-state index contributed by atoms with van der Waals surface area (Å²) in [4.78, 5) is 15.7. The Morgan fingerprint density at radius 1 is 1.21 bits per heavy atom. The molecule has 0 amide bonds. The number of nitrogens with zero attached hydrogens (tertiary/aromatic N) is 1. The first-order valence-corrected chi connectivity index (χ1v) is 13.2. The van der Waals surface area contributed by atoms with Gasteiger partial charge in [-0.3, -0.25) is 0 Å². The largest absolute Gasteiger partial charge is 0.449 e. The average molecular weight is 408 g/mol. The number of carbonyl (C=O) groups is 1. The van der Waals surface area contributed by atoms with Gasteiger partial charge in [-0.15, -0.1) is 0 Å². The number of oxazole rings is 1. The Morgan fingerprint density at radius 2 is 1.86 bits per heavy atom. The number of hydrogen-bond acceptors (Lipinski definition) is 5. The van der Waals surface area contributed by atoms with Crippen LogP contribution in [0.2, 0.25) is 18.1 Å². The molecule has 1 saturated heterocycles. The molecule has 1 aromatic rings. The Kier molecular flexibility index (Phi) is 8.22. The highest BCUT2D eigenvalue weighted by atomic mass is 28.4. The zero-order valence-corrected chi connectivity index (χ0v) is 19.5. The summed E-state index contributed by atoms with van der Waals surface area (Å²) in [7, 11) is -1.77. The normalized spacial score (nSPS) is 29.1. The van der Waals surface area contributed by atoms with Gasteiger partial charge in [-0.05, 0) is 36.7 Å². The summed E-state index contributed by atoms with van der Waals surface area (Å²) in [5.41, 5.74) is 1.89. The van der Waals surface area contributed by atoms with Crippen molar-refractivity contribution in [3.8, 4) is 0 Å². The minimum atomic E-state index is -1.77. The van der Waals surface area contributed by atoms with Gasteiger partial charge in [0.1, 0.15) is 18.2 Å². The highest BCUT2D eigenvalue weighted by molar-refractivity contribution is 6.73. The predicted octanol–water partition coefficient (Wildman–Crippen LogP) is 5.41. The maximum Gasteiger partial charge on any atom is 0.192 e. The molecule has 0 aromatic carbocycles. The molecule has 0 aliphatic carbocycles. The lowest BCUT2D eigenvalue weighted by atomic mass is 9.80. The second kappa shape index (κ2) is 9.99. The van der Waals surface area contributed by atoms with Crippen LogP contribution < -0.4 is 0 Å². The Labute approximate surface area is 171 Å². The van der Waals surface area contributed by atoms with E-state index in [1.807, 2.05) is 13.0 Å². The molecule has 2 heterocycles. The lowest BCUT2D eigenvalue weighted by Crippen LogP contribution is -2.54. The third-order valence-corrected chi connectivity index (χ3v) is 11.2. The lowest BCUT2D eigenvalue weighted by molar-refractivity contribution is -0.149. The molecule has 0 N–H and O–H groups in total. The van der Waals surface area contributed by atoms with Crippen LogP contribution in [0.25, 0.3) is 6.08 Å². The van der Waals surface area contributed by atoms with Crippen LogP contribution in [0.1, 0.15) is 59.5 Å². The molecule has 0 radical (unpaired) electrons. The zero-order chi connectivity index (χ0) is 20.9. The standard InChI is InChI=1S/C22H37NO4Si/c1-8-28(9-2,10-3)27-22-16(5)20(11-12-24)26-21(17(22)6)15(4)13-19-14-25-18(7)23-19/h12-14,16-17,20-22H,8-11H2,1-7H3/b15-13+/t16-,17-,20+,21-,22-/m0/s1. The maximum absolute atomic E-state index is 11.3. The number of ether oxygens (including phenoxy) is 1. The summed E-state index contributed by atoms with van der Waals surface area (Å²) in [6.07, 6.45) is 4.93. The molecule has 2 rings (SSSR count). The molecule has 0 unspecified atom stereocenters. The molecule has 0 spiro atoms. The van der Waals surface area contributed by atoms with E-state index >= 15 is 0 Å². The fourth-order valence-corrected chi connectivity index (χ4v) is 7.46. The van der Waals surface area contributed by atoms with Crippen molar-refractivity contribution in [2.45, 2.75) is 91.3 Å². The van der Waals surface area contributed by atoms with Gasteiger partial charge < -0.3 is 18.4 Å². The molecule has 1 aliphatic rings. The number of hydrogen-bond donors (Lipinski definition) is 0. The average Bonchev–Trinajstić information content (AvgIpc) is 3.09. The Hall–Kier alpha value is -1.24. The molecule has 1 aliphatic heterocycles. The van der Waals surface area contributed by atoms with E-state index in [0.29, 0.717) is 12.3 Å². The molecule has 5 atom stereocenters. The van der Waals surface area contributed by atoms with Crippen molar-refractivity contribution >= 4 is 20.7 Å². The first kappa shape index (κ1) is 23.0. The highest BCUT2D eigenvalue weighted by Gasteiger charge is 2.45. The maximum atomic E-state index is 11.3. The summed E-state index contributed by atoms with van der Waals surface area (Å²) in [5, 5.41) is 0. The van der Waals surface area contributed by atoms with Gasteiger partial charge in [0.15, 0.2) is 14.2 Å². The fourth-order valence-electron chi connectivity index (χ4n) is 4.45. The van der Waals surface area contributed by atoms with E-state index in [1.165, 1.54) is 0 Å². The minimum absolute atomic E-state index is 0.0950. The van der Waals surface area contributed by atoms with Crippen molar-refractivity contribution in [2.24, 2.45) is 11.8 Å². The van der Waals surface area contributed by atoms with E-state index in [0.717, 1.165) is 35.7 Å². The van der Waals surface area contributed by atoms with Crippen molar-refractivity contribution in [2.75, 3.05) is 0 Å². The van der Waals surface area contributed by atoms with Crippen LogP contribution in [0.15, 0.2) is 16.3 Å². The molecule has 1 aromatic heterocycles. The van der Waals surface area contributed by atoms with Gasteiger partial charge in [0.05, 0.1) is 18.3 Å². The van der Waals surface area contributed by atoms with E-state index in [1.54, 1.807) is 6.26 Å². The van der Waals surface area contributed by atoms with Crippen molar-refractivity contribution in [3.63, 3.8) is 0 Å². The third kappa shape index (κ3) is 5.02. The smallest absolute Gasteiger partial charge is 0.192 e. The molecule has 0 saturated carbocycles. The van der Waals surface area contributed by atoms with Crippen LogP contribution in [0.3, 0.4) is 0 Å². The van der Waals surface area contributed by atoms with Gasteiger partial charge in [0, 0.05) is 25.2 Å². The fraction of sp³-hybridized carbons (Fsp3) is 0.727. The van der Waals surface area contributed by atoms with Gasteiger partial charge in [0.2, 0.25) is 0 Å². The quantitative estimate of drug-likeness (QED) is 0.405. The first-order chi connectivity index (χ1) is 13.3. The van der Waals surface area contributed by atoms with E-state index < -0.39 is 8.32 Å². The molecular formula is C22H37NO4Si. The molecular weight excluding hydrogens is 370 g/mol. The molecule has 6 heteroatoms. The highest BCUT2D eigenvalue weighted by Crippen LogP contribution is 2.39. The number of aldehydes is 1. The number of carbonyl (C=O) groups excluding carboxylic acids is 1. The van der Waals surface area contributed by atoms with Gasteiger partial charge in [-0.2, -0.15) is 0 Å². The van der Waals surface area contributed by atoms with E-state index in [9.17, 15) is 4.79 Å². The topological polar surface area (TPSA) is 61.6 Å². The number of rotatable bonds is 9. The summed E-state index contributed by atoms with van der Waals surface area (Å²) < 4.78 is 18.7. The van der Waals surface area contributed by atoms with Crippen LogP contribution in [0.5, 0.6) is 0 Å². The SMILES string of the molecule is CC[Si](CC)(CC)O[C@H]1[C@@H](C)[C@@H](CC=O)O[C@@H](/C(C)=C/c2coc(C)n2)[C@@H]1C. The van der Waals surface area contributed by atoms with Crippen molar-refractivity contribution in [1.82, 2.24) is 4.98 Å². The molecule has 158 valence electrons. The van der Waals surface area contributed by atoms with Crippen LogP contribution in [-0.2, 0) is 14.0 Å². The molecule has 28 heavy (non-hydrogen) atoms. The van der Waals surface area contributed by atoms with Crippen molar-refractivity contribution < 1.29 is 18.4 Å². The third-order valence-electron chi connectivity index (χ3n) is 6.53. The molecule has 0 bridgehead atoms. The first-order valence-electron chi connectivity index (χ1n) is 10.7. The second-order valence-corrected chi connectivity index (χ2v) is 12.9. The summed E-state index contributed by atoms with van der Waals surface area (Å²) in [6, 6.07) is 3.35. The van der Waals surface area contributed by atoms with Gasteiger partial charge in [-0.25, -0.2) is 4.98 Å². The Bertz CT molecular complexity index is 659. The van der Waals surface area contributed by atoms with Gasteiger partial charge in [-0.1, -0.05) is 34.6 Å². The van der Waals surface area contributed by atoms with E-state index in [4.69, 9.17) is 13.6 Å². The number of aromatic nitrogens is 1. The van der Waals surface area contributed by atoms with E-state index in [-0.39, 0.29) is 30.1 Å². The van der Waals surface area contributed by atoms with Gasteiger partial charge >= 0.3 is 0 Å². The van der Waals surface area contributed by atoms with Crippen molar-refractivity contribution in [1.29, 1.82) is 0 Å². The van der Waals surface area contributed by atoms with Crippen LogP contribution >= 0.6 is 0 Å². The zero-order valence-electron chi connectivity index (χ0n) is 18.5. The lowest BCUT2D eigenvalue weighted by Gasteiger charge is -2.48. The number of aryl methyl sites for hydroxylation is 1. The predicted molar refractivity (Wildman–Crippen MR) is 115 cm³/mol. The minimum Gasteiger partial charge on any atom is -0.449 e. The van der Waals surface area contributed by atoms with Crippen LogP contribution in [0.4, 0.5) is 0 Å². The monoisotopic (exact) mass is 407 g/mol. The Morgan fingerprint density at radius 3 is 2.36 bits per heavy atom. The molecule has 1 fully saturated rings. The van der Waals surface area contributed by atoms with E-state index in [2.05, 4.69) is 46.5 Å². The summed E-state index contributed by atoms with van der Waals surface area (Å²) in [5.74, 6) is 1.05. The van der Waals surface area contributed by atoms with Crippen molar-refractivity contribution in [3.05, 3.63) is 23.4 Å². The molecule has 5 nitrogen and oxygen atoms in total. The van der Waals surface area contributed by atoms with Crippen LogP contribution in [0, 0.1) is 18.8 Å². The van der Waals surface area contributed by atoms with Gasteiger partial charge in [0.25, 0.3) is 0 Å². The Balaban J connectivity index is 2.33. The second-order valence-electron chi connectivity index (χ2n) is 8.22. The van der Waals surface area contributed by atoms with Crippen LogP contribution in [-0.4, -0.2) is 37.9 Å².